The van der Waals surface area contributed by atoms with Gasteiger partial charge in [-0.25, -0.2) is 0 Å². The molecule has 0 aliphatic carbocycles. The molecule has 92 valence electrons. The Morgan fingerprint density at radius 1 is 1.44 bits per heavy atom. The third-order valence-corrected chi connectivity index (χ3v) is 2.11. The van der Waals surface area contributed by atoms with E-state index in [0.29, 0.717) is 24.7 Å². The maximum absolute atomic E-state index is 5.80. The van der Waals surface area contributed by atoms with E-state index in [9.17, 15) is 0 Å². The number of hydrogen-bond donors (Lipinski definition) is 1. The molecule has 0 radical (unpaired) electrons. The first-order chi connectivity index (χ1) is 7.40. The van der Waals surface area contributed by atoms with Gasteiger partial charge in [-0.15, -0.1) is 0 Å². The minimum atomic E-state index is -0.200. The number of hydrogen-bond acceptors (Lipinski definition) is 5. The molecular weight excluding hydrogens is 206 g/mol. The lowest BCUT2D eigenvalue weighted by atomic mass is 10.2. The fourth-order valence-corrected chi connectivity index (χ4v) is 1.09. The topological polar surface area (TPSA) is 74.2 Å². The molecule has 1 heterocycles. The fraction of sp³-hybridized carbons (Fsp3) is 0.818. The van der Waals surface area contributed by atoms with Crippen molar-refractivity contribution >= 4 is 0 Å². The molecule has 0 fully saturated rings. The van der Waals surface area contributed by atoms with E-state index in [-0.39, 0.29) is 11.6 Å². The normalized spacial score (nSPS) is 14.1. The number of rotatable bonds is 5. The monoisotopic (exact) mass is 227 g/mol. The minimum absolute atomic E-state index is 0.0917. The van der Waals surface area contributed by atoms with Crippen LogP contribution in [0.2, 0.25) is 0 Å². The summed E-state index contributed by atoms with van der Waals surface area (Å²) in [5.41, 5.74) is 5.60. The van der Waals surface area contributed by atoms with Gasteiger partial charge < -0.3 is 15.0 Å². The van der Waals surface area contributed by atoms with Crippen LogP contribution in [0.25, 0.3) is 0 Å². The van der Waals surface area contributed by atoms with Gasteiger partial charge in [0.1, 0.15) is 6.61 Å². The Hall–Kier alpha value is -0.940. The molecule has 16 heavy (non-hydrogen) atoms. The summed E-state index contributed by atoms with van der Waals surface area (Å²) in [6, 6.07) is 0.0917. The minimum Gasteiger partial charge on any atom is -0.366 e. The predicted octanol–water partition coefficient (Wildman–Crippen LogP) is 1.66. The quantitative estimate of drug-likeness (QED) is 0.828. The van der Waals surface area contributed by atoms with E-state index in [1.54, 1.807) is 0 Å². The average Bonchev–Trinajstić information content (AvgIpc) is 2.61. The van der Waals surface area contributed by atoms with Crippen LogP contribution in [0.4, 0.5) is 0 Å². The summed E-state index contributed by atoms with van der Waals surface area (Å²) < 4.78 is 10.6. The first-order valence-electron chi connectivity index (χ1n) is 5.61. The molecule has 2 N–H and O–H groups in total. The second-order valence-corrected chi connectivity index (χ2v) is 4.88. The Kier molecular flexibility index (Phi) is 4.44. The van der Waals surface area contributed by atoms with Crippen LogP contribution < -0.4 is 5.73 Å². The van der Waals surface area contributed by atoms with Crippen molar-refractivity contribution in [2.24, 2.45) is 5.73 Å². The lowest BCUT2D eigenvalue weighted by molar-refractivity contribution is -0.0260. The van der Waals surface area contributed by atoms with Gasteiger partial charge in [-0.05, 0) is 27.2 Å². The van der Waals surface area contributed by atoms with Crippen LogP contribution in [0.5, 0.6) is 0 Å². The summed E-state index contributed by atoms with van der Waals surface area (Å²) in [4.78, 5) is 4.22. The number of aromatic nitrogens is 2. The molecule has 0 aliphatic rings. The van der Waals surface area contributed by atoms with Crippen molar-refractivity contribution in [1.29, 1.82) is 0 Å². The zero-order valence-electron chi connectivity index (χ0n) is 10.5. The summed E-state index contributed by atoms with van der Waals surface area (Å²) in [6.07, 6.45) is 1.55. The highest BCUT2D eigenvalue weighted by molar-refractivity contribution is 4.88. The number of ether oxygens (including phenoxy) is 1. The number of nitrogens with zero attached hydrogens (tertiary/aromatic N) is 2. The van der Waals surface area contributed by atoms with Gasteiger partial charge in [0.25, 0.3) is 5.89 Å². The molecule has 5 nitrogen and oxygen atoms in total. The molecule has 1 unspecified atom stereocenters. The van der Waals surface area contributed by atoms with Gasteiger partial charge in [0.15, 0.2) is 5.82 Å². The molecule has 0 aliphatic heterocycles. The van der Waals surface area contributed by atoms with E-state index >= 15 is 0 Å². The van der Waals surface area contributed by atoms with Gasteiger partial charge in [0, 0.05) is 12.5 Å². The molecule has 0 aromatic carbocycles. The van der Waals surface area contributed by atoms with Crippen LogP contribution in [0, 0.1) is 0 Å². The maximum atomic E-state index is 5.80. The Bertz CT molecular complexity index is 317. The standard InChI is InChI=1S/C11H21N3O2/c1-5-8(12)6-9-13-10(16-14-9)7-15-11(2,3)4/h8H,5-7,12H2,1-4H3. The fourth-order valence-electron chi connectivity index (χ4n) is 1.09. The van der Waals surface area contributed by atoms with Crippen LogP contribution in [-0.2, 0) is 17.8 Å². The van der Waals surface area contributed by atoms with Crippen LogP contribution in [-0.4, -0.2) is 21.8 Å². The van der Waals surface area contributed by atoms with Crippen LogP contribution >= 0.6 is 0 Å². The van der Waals surface area contributed by atoms with E-state index in [0.717, 1.165) is 6.42 Å². The Morgan fingerprint density at radius 3 is 2.69 bits per heavy atom. The maximum Gasteiger partial charge on any atom is 0.252 e. The van der Waals surface area contributed by atoms with E-state index < -0.39 is 0 Å². The van der Waals surface area contributed by atoms with Crippen molar-refractivity contribution < 1.29 is 9.26 Å². The van der Waals surface area contributed by atoms with Gasteiger partial charge >= 0.3 is 0 Å². The van der Waals surface area contributed by atoms with E-state index in [1.807, 2.05) is 27.7 Å². The Morgan fingerprint density at radius 2 is 2.12 bits per heavy atom. The SMILES string of the molecule is CCC(N)Cc1noc(COC(C)(C)C)n1. The van der Waals surface area contributed by atoms with E-state index in [2.05, 4.69) is 10.1 Å². The second-order valence-electron chi connectivity index (χ2n) is 4.88. The first-order valence-corrected chi connectivity index (χ1v) is 5.61. The van der Waals surface area contributed by atoms with Gasteiger partial charge in [0.2, 0.25) is 0 Å². The van der Waals surface area contributed by atoms with Gasteiger partial charge in [0.05, 0.1) is 5.60 Å². The first kappa shape index (κ1) is 13.1. The molecule has 1 atom stereocenters. The van der Waals surface area contributed by atoms with Crippen molar-refractivity contribution in [2.75, 3.05) is 0 Å². The molecule has 0 spiro atoms. The second kappa shape index (κ2) is 5.41. The molecule has 0 saturated carbocycles. The highest BCUT2D eigenvalue weighted by Gasteiger charge is 2.14. The molecule has 1 rings (SSSR count). The van der Waals surface area contributed by atoms with Gasteiger partial charge in [-0.3, -0.25) is 0 Å². The van der Waals surface area contributed by atoms with Crippen LogP contribution in [0.15, 0.2) is 4.52 Å². The smallest absolute Gasteiger partial charge is 0.252 e. The Labute approximate surface area is 96.4 Å². The lowest BCUT2D eigenvalue weighted by Gasteiger charge is -2.17. The molecule has 1 aromatic rings. The highest BCUT2D eigenvalue weighted by atomic mass is 16.5. The van der Waals surface area contributed by atoms with Crippen molar-refractivity contribution in [3.05, 3.63) is 11.7 Å². The summed E-state index contributed by atoms with van der Waals surface area (Å²) in [7, 11) is 0. The van der Waals surface area contributed by atoms with Crippen LogP contribution in [0.3, 0.4) is 0 Å². The lowest BCUT2D eigenvalue weighted by Crippen LogP contribution is -2.22. The van der Waals surface area contributed by atoms with Crippen LogP contribution in [0.1, 0.15) is 45.8 Å². The molecule has 0 bridgehead atoms. The molecule has 1 aromatic heterocycles. The van der Waals surface area contributed by atoms with Crippen molar-refractivity contribution in [2.45, 2.75) is 58.8 Å². The van der Waals surface area contributed by atoms with E-state index in [1.165, 1.54) is 0 Å². The Balaban J connectivity index is 2.45. The molecule has 0 saturated heterocycles. The summed E-state index contributed by atoms with van der Waals surface area (Å²) >= 11 is 0. The summed E-state index contributed by atoms with van der Waals surface area (Å²) in [5.74, 6) is 1.16. The average molecular weight is 227 g/mol. The van der Waals surface area contributed by atoms with E-state index in [4.69, 9.17) is 15.0 Å². The van der Waals surface area contributed by atoms with Gasteiger partial charge in [-0.2, -0.15) is 4.98 Å². The summed E-state index contributed by atoms with van der Waals surface area (Å²) in [5, 5.41) is 3.86. The van der Waals surface area contributed by atoms with Crippen molar-refractivity contribution in [3.63, 3.8) is 0 Å². The van der Waals surface area contributed by atoms with Crippen molar-refractivity contribution in [3.8, 4) is 0 Å². The predicted molar refractivity (Wildman–Crippen MR) is 60.8 cm³/mol. The van der Waals surface area contributed by atoms with Crippen molar-refractivity contribution in [1.82, 2.24) is 10.1 Å². The molecule has 0 amide bonds. The molecular formula is C11H21N3O2. The van der Waals surface area contributed by atoms with Gasteiger partial charge in [-0.1, -0.05) is 12.1 Å². The third kappa shape index (κ3) is 4.72. The third-order valence-electron chi connectivity index (χ3n) is 2.11. The largest absolute Gasteiger partial charge is 0.366 e. The zero-order chi connectivity index (χ0) is 12.2. The zero-order valence-corrected chi connectivity index (χ0v) is 10.5. The summed E-state index contributed by atoms with van der Waals surface area (Å²) in [6.45, 7) is 8.33. The highest BCUT2D eigenvalue weighted by Crippen LogP contribution is 2.11. The number of nitrogens with two attached hydrogens (primary N) is 1. The molecule has 5 heteroatoms.